The van der Waals surface area contributed by atoms with Crippen LogP contribution in [0.3, 0.4) is 0 Å². The van der Waals surface area contributed by atoms with Crippen molar-refractivity contribution in [3.63, 3.8) is 0 Å². The monoisotopic (exact) mass is 748 g/mol. The highest BCUT2D eigenvalue weighted by Crippen LogP contribution is 2.38. The zero-order valence-electron chi connectivity index (χ0n) is 29.4. The van der Waals surface area contributed by atoms with Crippen molar-refractivity contribution in [1.82, 2.24) is 30.0 Å². The van der Waals surface area contributed by atoms with Crippen LogP contribution in [0.1, 0.15) is 45.3 Å². The average Bonchev–Trinajstić information content (AvgIpc) is 3.80. The molecule has 278 valence electrons. The molecule has 1 atom stereocenters. The van der Waals surface area contributed by atoms with E-state index in [2.05, 4.69) is 10.6 Å². The van der Waals surface area contributed by atoms with Crippen LogP contribution in [-0.4, -0.2) is 93.9 Å². The van der Waals surface area contributed by atoms with Crippen molar-refractivity contribution < 1.29 is 33.8 Å². The van der Waals surface area contributed by atoms with Crippen LogP contribution in [0.5, 0.6) is 5.75 Å². The number of carbonyl (C=O) groups excluding carboxylic acids is 4. The molecule has 3 N–H and O–H groups in total. The number of hydrogen-bond acceptors (Lipinski definition) is 8. The zero-order valence-corrected chi connectivity index (χ0v) is 30.2. The number of aromatic nitrogens is 2. The Balaban J connectivity index is 0.00000160. The minimum absolute atomic E-state index is 0.0175. The molecule has 1 unspecified atom stereocenters. The average molecular weight is 749 g/mol. The first kappa shape index (κ1) is 37.5. The van der Waals surface area contributed by atoms with Gasteiger partial charge in [0, 0.05) is 59.8 Å². The minimum atomic E-state index is -0.499. The lowest BCUT2D eigenvalue weighted by Gasteiger charge is -2.36. The number of hydrogen-bond donors (Lipinski definition) is 3. The molecule has 0 spiro atoms. The van der Waals surface area contributed by atoms with Gasteiger partial charge in [0.05, 0.1) is 30.7 Å². The third-order valence-electron chi connectivity index (χ3n) is 9.08. The van der Waals surface area contributed by atoms with Crippen LogP contribution in [-0.2, 0) is 32.1 Å². The predicted octanol–water partition coefficient (Wildman–Crippen LogP) is 4.14. The van der Waals surface area contributed by atoms with Crippen molar-refractivity contribution in [2.75, 3.05) is 39.3 Å². The van der Waals surface area contributed by atoms with Gasteiger partial charge >= 0.3 is 0 Å². The van der Waals surface area contributed by atoms with Crippen molar-refractivity contribution in [1.29, 1.82) is 0 Å². The molecular formula is C40H40N6O7S. The second-order valence-corrected chi connectivity index (χ2v) is 13.5. The molecule has 0 aliphatic carbocycles. The van der Waals surface area contributed by atoms with Crippen molar-refractivity contribution in [2.24, 2.45) is 0 Å². The van der Waals surface area contributed by atoms with Crippen LogP contribution >= 0.6 is 11.3 Å². The van der Waals surface area contributed by atoms with Crippen LogP contribution in [0.15, 0.2) is 96.6 Å². The minimum Gasteiger partial charge on any atom is -0.494 e. The molecule has 4 amide bonds. The fraction of sp³-hybridized carbons (Fsp3) is 0.250. The number of fused-ring (bicyclic) bond motifs is 4. The number of rotatable bonds is 3. The van der Waals surface area contributed by atoms with Gasteiger partial charge in [-0.05, 0) is 41.8 Å². The van der Waals surface area contributed by atoms with Crippen LogP contribution in [0.2, 0.25) is 0 Å². The Labute approximate surface area is 315 Å². The highest BCUT2D eigenvalue weighted by Gasteiger charge is 2.37. The molecule has 6 bridgehead atoms. The van der Waals surface area contributed by atoms with Crippen molar-refractivity contribution in [3.8, 4) is 5.75 Å². The van der Waals surface area contributed by atoms with Gasteiger partial charge in [-0.25, -0.2) is 4.98 Å². The van der Waals surface area contributed by atoms with Gasteiger partial charge in [-0.2, -0.15) is 0 Å². The smallest absolute Gasteiger partial charge is 0.290 e. The van der Waals surface area contributed by atoms with Gasteiger partial charge in [-0.1, -0.05) is 60.7 Å². The summed E-state index contributed by atoms with van der Waals surface area (Å²) in [5.41, 5.74) is 3.97. The molecule has 54 heavy (non-hydrogen) atoms. The summed E-state index contributed by atoms with van der Waals surface area (Å²) in [6, 6.07) is 24.5. The molecule has 7 rings (SSSR count). The Morgan fingerprint density at radius 2 is 1.69 bits per heavy atom. The number of nitrogens with zero attached hydrogens (tertiary/aromatic N) is 4. The summed E-state index contributed by atoms with van der Waals surface area (Å²) in [7, 11) is 0. The third kappa shape index (κ3) is 9.01. The van der Waals surface area contributed by atoms with Gasteiger partial charge in [-0.15, -0.1) is 11.3 Å². The number of imidazole rings is 1. The zero-order chi connectivity index (χ0) is 37.9. The van der Waals surface area contributed by atoms with Gasteiger partial charge in [0.2, 0.25) is 17.7 Å². The van der Waals surface area contributed by atoms with Crippen molar-refractivity contribution in [2.45, 2.75) is 25.4 Å². The molecule has 2 aliphatic rings. The number of carboxylic acid groups (broad SMARTS) is 1. The van der Waals surface area contributed by atoms with E-state index in [0.29, 0.717) is 43.9 Å². The summed E-state index contributed by atoms with van der Waals surface area (Å²) in [5, 5.41) is 15.5. The van der Waals surface area contributed by atoms with Gasteiger partial charge < -0.3 is 34.8 Å². The fourth-order valence-electron chi connectivity index (χ4n) is 6.56. The molecule has 2 aliphatic heterocycles. The first-order valence-corrected chi connectivity index (χ1v) is 18.4. The lowest BCUT2D eigenvalue weighted by Crippen LogP contribution is -2.44. The van der Waals surface area contributed by atoms with E-state index in [4.69, 9.17) is 19.6 Å². The van der Waals surface area contributed by atoms with E-state index in [0.717, 1.165) is 32.6 Å². The van der Waals surface area contributed by atoms with Gasteiger partial charge in [0.1, 0.15) is 18.3 Å². The molecule has 13 nitrogen and oxygen atoms in total. The van der Waals surface area contributed by atoms with E-state index in [1.807, 2.05) is 93.7 Å². The Bertz CT molecular complexity index is 2150. The van der Waals surface area contributed by atoms with E-state index in [9.17, 15) is 19.2 Å². The maximum Gasteiger partial charge on any atom is 0.290 e. The van der Waals surface area contributed by atoms with Crippen LogP contribution in [0, 0.1) is 0 Å². The number of benzene rings is 3. The standard InChI is InChI=1S/C39H38N6O5S.CH2O2/c46-34-23-43(36(48)15-14-27-8-2-1-3-9-27)20-18-41-35(47)24-44-26-42-37-32(44)16-19-45(39(49)31-25-51-33-13-5-4-12-30(31)33)38(37)28-10-6-11-29(22-28)50-21-7-17-40-34;2-1-3/h1-6,8-15,22,25-26,38H,7,16-21,23-24H2,(H,40,46)(H,41,47);1H,(H,2,3). The number of nitrogens with one attached hydrogen (secondary N) is 2. The summed E-state index contributed by atoms with van der Waals surface area (Å²) in [5.74, 6) is -0.337. The highest BCUT2D eigenvalue weighted by atomic mass is 32.1. The second-order valence-electron chi connectivity index (χ2n) is 12.6. The van der Waals surface area contributed by atoms with E-state index in [1.54, 1.807) is 23.7 Å². The first-order valence-electron chi connectivity index (χ1n) is 17.5. The fourth-order valence-corrected chi connectivity index (χ4v) is 7.49. The maximum atomic E-state index is 14.3. The second kappa shape index (κ2) is 18.0. The van der Waals surface area contributed by atoms with Crippen LogP contribution in [0.25, 0.3) is 16.2 Å². The number of thiophene rings is 1. The lowest BCUT2D eigenvalue weighted by atomic mass is 9.94. The topological polar surface area (TPSA) is 163 Å². The maximum absolute atomic E-state index is 14.3. The first-order chi connectivity index (χ1) is 26.4. The molecule has 4 heterocycles. The summed E-state index contributed by atoms with van der Waals surface area (Å²) >= 11 is 1.55. The predicted molar refractivity (Wildman–Crippen MR) is 204 cm³/mol. The Hall–Kier alpha value is -6.28. The molecule has 3 aromatic carbocycles. The van der Waals surface area contributed by atoms with Gasteiger partial charge in [0.25, 0.3) is 12.4 Å². The van der Waals surface area contributed by atoms with Crippen molar-refractivity contribution >= 4 is 57.6 Å². The van der Waals surface area contributed by atoms with E-state index in [-0.39, 0.29) is 56.3 Å². The Morgan fingerprint density at radius 3 is 2.52 bits per heavy atom. The molecule has 14 heteroatoms. The summed E-state index contributed by atoms with van der Waals surface area (Å²) in [6.45, 7) is 1.07. The molecule has 0 fully saturated rings. The highest BCUT2D eigenvalue weighted by molar-refractivity contribution is 7.17. The molecule has 0 saturated heterocycles. The SMILES string of the molecule is O=C1CN(C(=O)C=Cc2ccccc2)CCNC(=O)Cn2cnc3c2CCN(C(=O)c2csc4ccccc24)C3c2cccc(c2)OCCCN1.O=CO. The molecular weight excluding hydrogens is 709 g/mol. The Kier molecular flexibility index (Phi) is 12.5. The number of ether oxygens (including phenoxy) is 1. The molecule has 5 aromatic rings. The summed E-state index contributed by atoms with van der Waals surface area (Å²) in [4.78, 5) is 70.0. The molecule has 2 aromatic heterocycles. The summed E-state index contributed by atoms with van der Waals surface area (Å²) in [6.07, 6.45) is 5.86. The largest absolute Gasteiger partial charge is 0.494 e. The van der Waals surface area contributed by atoms with E-state index >= 15 is 0 Å². The number of carbonyl (C=O) groups is 5. The molecule has 0 saturated carbocycles. The van der Waals surface area contributed by atoms with Crippen LogP contribution < -0.4 is 15.4 Å². The normalized spacial score (nSPS) is 16.7. The summed E-state index contributed by atoms with van der Waals surface area (Å²) < 4.78 is 8.99. The lowest BCUT2D eigenvalue weighted by molar-refractivity contribution is -0.132. The van der Waals surface area contributed by atoms with Gasteiger partial charge in [0.15, 0.2) is 0 Å². The number of amides is 4. The van der Waals surface area contributed by atoms with E-state index < -0.39 is 6.04 Å². The van der Waals surface area contributed by atoms with Crippen LogP contribution in [0.4, 0.5) is 0 Å². The quantitative estimate of drug-likeness (QED) is 0.183. The van der Waals surface area contributed by atoms with E-state index in [1.165, 1.54) is 11.0 Å². The third-order valence-corrected chi connectivity index (χ3v) is 10.0. The Morgan fingerprint density at radius 1 is 0.926 bits per heavy atom. The van der Waals surface area contributed by atoms with Gasteiger partial charge in [-0.3, -0.25) is 24.0 Å². The molecule has 0 radical (unpaired) electrons. The van der Waals surface area contributed by atoms with Crippen molar-refractivity contribution in [3.05, 3.63) is 125 Å².